The van der Waals surface area contributed by atoms with Crippen LogP contribution in [0.2, 0.25) is 0 Å². The second-order valence-corrected chi connectivity index (χ2v) is 5.86. The van der Waals surface area contributed by atoms with Crippen LogP contribution in [-0.4, -0.2) is 23.5 Å². The van der Waals surface area contributed by atoms with E-state index in [1.807, 2.05) is 13.8 Å². The lowest BCUT2D eigenvalue weighted by Crippen LogP contribution is -2.33. The molecule has 1 amide bonds. The second kappa shape index (κ2) is 7.38. The predicted molar refractivity (Wildman–Crippen MR) is 77.0 cm³/mol. The highest BCUT2D eigenvalue weighted by Gasteiger charge is 2.20. The Hall–Kier alpha value is -1.43. The van der Waals surface area contributed by atoms with Gasteiger partial charge < -0.3 is 10.4 Å². The van der Waals surface area contributed by atoms with Crippen LogP contribution >= 0.6 is 15.9 Å². The molecule has 1 atom stereocenters. The molecular formula is C14H17BrFNO3. The summed E-state index contributed by atoms with van der Waals surface area (Å²) in [6.07, 6.45) is 0.489. The highest BCUT2D eigenvalue weighted by atomic mass is 79.9. The molecule has 0 aliphatic carbocycles. The Morgan fingerprint density at radius 1 is 1.40 bits per heavy atom. The quantitative estimate of drug-likeness (QED) is 0.832. The predicted octanol–water partition coefficient (Wildman–Crippen LogP) is 3.06. The fourth-order valence-corrected chi connectivity index (χ4v) is 2.17. The van der Waals surface area contributed by atoms with E-state index in [0.29, 0.717) is 6.42 Å². The second-order valence-electron chi connectivity index (χ2n) is 5.00. The molecule has 1 unspecified atom stereocenters. The van der Waals surface area contributed by atoms with E-state index in [1.54, 1.807) is 0 Å². The van der Waals surface area contributed by atoms with Gasteiger partial charge in [-0.3, -0.25) is 9.59 Å². The highest BCUT2D eigenvalue weighted by molar-refractivity contribution is 9.10. The molecule has 0 spiro atoms. The van der Waals surface area contributed by atoms with E-state index in [0.717, 1.165) is 0 Å². The van der Waals surface area contributed by atoms with Crippen molar-refractivity contribution in [3.05, 3.63) is 34.1 Å². The molecule has 6 heteroatoms. The Morgan fingerprint density at radius 3 is 2.55 bits per heavy atom. The Bertz CT molecular complexity index is 505. The molecule has 0 radical (unpaired) electrons. The van der Waals surface area contributed by atoms with Gasteiger partial charge in [0.2, 0.25) is 0 Å². The molecule has 1 rings (SSSR count). The topological polar surface area (TPSA) is 66.4 Å². The lowest BCUT2D eigenvalue weighted by molar-refractivity contribution is -0.142. The average Bonchev–Trinajstić information content (AvgIpc) is 2.36. The number of nitrogens with one attached hydrogen (secondary N) is 1. The van der Waals surface area contributed by atoms with Gasteiger partial charge in [-0.25, -0.2) is 4.39 Å². The van der Waals surface area contributed by atoms with Crippen molar-refractivity contribution in [1.29, 1.82) is 0 Å². The summed E-state index contributed by atoms with van der Waals surface area (Å²) in [4.78, 5) is 22.9. The fourth-order valence-electron chi connectivity index (χ4n) is 1.80. The van der Waals surface area contributed by atoms with Crippen molar-refractivity contribution < 1.29 is 19.1 Å². The third-order valence-corrected chi connectivity index (χ3v) is 3.40. The lowest BCUT2D eigenvalue weighted by atomic mass is 9.97. The molecule has 4 nitrogen and oxygen atoms in total. The monoisotopic (exact) mass is 345 g/mol. The van der Waals surface area contributed by atoms with Crippen LogP contribution in [0.5, 0.6) is 0 Å². The minimum atomic E-state index is -0.931. The van der Waals surface area contributed by atoms with Gasteiger partial charge in [-0.2, -0.15) is 0 Å². The average molecular weight is 346 g/mol. The number of carbonyl (C=O) groups excluding carboxylic acids is 1. The summed E-state index contributed by atoms with van der Waals surface area (Å²) in [5.74, 6) is -2.19. The van der Waals surface area contributed by atoms with Crippen molar-refractivity contribution in [1.82, 2.24) is 5.32 Å². The third kappa shape index (κ3) is 4.92. The summed E-state index contributed by atoms with van der Waals surface area (Å²) >= 11 is 3.00. The van der Waals surface area contributed by atoms with Crippen LogP contribution in [0.1, 0.15) is 30.6 Å². The Kier molecular flexibility index (Phi) is 6.13. The molecule has 0 fully saturated rings. The molecule has 0 bridgehead atoms. The van der Waals surface area contributed by atoms with Crippen LogP contribution in [0.15, 0.2) is 22.7 Å². The van der Waals surface area contributed by atoms with Crippen LogP contribution in [0.4, 0.5) is 4.39 Å². The summed E-state index contributed by atoms with van der Waals surface area (Å²) in [5.41, 5.74) is 0.284. The number of hydrogen-bond donors (Lipinski definition) is 2. The van der Waals surface area contributed by atoms with E-state index in [-0.39, 0.29) is 22.5 Å². The number of amides is 1. The largest absolute Gasteiger partial charge is 0.481 e. The smallest absolute Gasteiger partial charge is 0.308 e. The normalized spacial score (nSPS) is 12.2. The van der Waals surface area contributed by atoms with Crippen LogP contribution in [0.25, 0.3) is 0 Å². The number of carboxylic acid groups (broad SMARTS) is 1. The number of halogens is 2. The standard InChI is InChI=1S/C14H17BrFNO3/c1-8(2)5-10(14(19)20)7-17-13(18)9-3-4-12(16)11(15)6-9/h3-4,6,8,10H,5,7H2,1-2H3,(H,17,18)(H,19,20). The van der Waals surface area contributed by atoms with Gasteiger partial charge in [0.25, 0.3) is 5.91 Å². The third-order valence-electron chi connectivity index (χ3n) is 2.80. The number of benzene rings is 1. The van der Waals surface area contributed by atoms with Crippen LogP contribution < -0.4 is 5.32 Å². The van der Waals surface area contributed by atoms with Crippen LogP contribution in [0.3, 0.4) is 0 Å². The van der Waals surface area contributed by atoms with Gasteiger partial charge in [0, 0.05) is 12.1 Å². The van der Waals surface area contributed by atoms with Crippen LogP contribution in [-0.2, 0) is 4.79 Å². The number of rotatable bonds is 6. The van der Waals surface area contributed by atoms with Crippen LogP contribution in [0, 0.1) is 17.7 Å². The molecule has 1 aromatic rings. The Morgan fingerprint density at radius 2 is 2.05 bits per heavy atom. The zero-order chi connectivity index (χ0) is 15.3. The summed E-state index contributed by atoms with van der Waals surface area (Å²) in [6, 6.07) is 3.90. The van der Waals surface area contributed by atoms with Gasteiger partial charge in [0.15, 0.2) is 0 Å². The Labute approximate surface area is 125 Å². The summed E-state index contributed by atoms with van der Waals surface area (Å²) in [7, 11) is 0. The first kappa shape index (κ1) is 16.6. The van der Waals surface area contributed by atoms with E-state index in [1.165, 1.54) is 18.2 Å². The molecule has 0 aliphatic rings. The maximum atomic E-state index is 13.1. The van der Waals surface area contributed by atoms with E-state index >= 15 is 0 Å². The summed E-state index contributed by atoms with van der Waals surface area (Å²) < 4.78 is 13.3. The van der Waals surface area contributed by atoms with Crippen molar-refractivity contribution >= 4 is 27.8 Å². The maximum absolute atomic E-state index is 13.1. The van der Waals surface area contributed by atoms with Gasteiger partial charge >= 0.3 is 5.97 Å². The summed E-state index contributed by atoms with van der Waals surface area (Å²) in [6.45, 7) is 3.91. The highest BCUT2D eigenvalue weighted by Crippen LogP contribution is 2.17. The van der Waals surface area contributed by atoms with Gasteiger partial charge in [0.05, 0.1) is 10.4 Å². The number of carboxylic acids is 1. The SMILES string of the molecule is CC(C)CC(CNC(=O)c1ccc(F)c(Br)c1)C(=O)O. The van der Waals surface area contributed by atoms with E-state index in [4.69, 9.17) is 5.11 Å². The lowest BCUT2D eigenvalue weighted by Gasteiger charge is -2.15. The van der Waals surface area contributed by atoms with Crippen molar-refractivity contribution in [2.24, 2.45) is 11.8 Å². The molecule has 0 heterocycles. The first-order valence-electron chi connectivity index (χ1n) is 6.27. The van der Waals surface area contributed by atoms with Gasteiger partial charge in [-0.15, -0.1) is 0 Å². The molecule has 2 N–H and O–H groups in total. The summed E-state index contributed by atoms with van der Waals surface area (Å²) in [5, 5.41) is 11.6. The number of aliphatic carboxylic acids is 1. The van der Waals surface area contributed by atoms with E-state index < -0.39 is 23.6 Å². The first-order valence-corrected chi connectivity index (χ1v) is 7.06. The number of hydrogen-bond acceptors (Lipinski definition) is 2. The molecule has 0 aromatic heterocycles. The van der Waals surface area contributed by atoms with Crippen molar-refractivity contribution in [2.75, 3.05) is 6.54 Å². The van der Waals surface area contributed by atoms with Crippen molar-refractivity contribution in [2.45, 2.75) is 20.3 Å². The van der Waals surface area contributed by atoms with E-state index in [2.05, 4.69) is 21.2 Å². The van der Waals surface area contributed by atoms with Gasteiger partial charge in [0.1, 0.15) is 5.82 Å². The number of carbonyl (C=O) groups is 2. The van der Waals surface area contributed by atoms with Gasteiger partial charge in [-0.05, 0) is 46.5 Å². The van der Waals surface area contributed by atoms with Crippen molar-refractivity contribution in [3.63, 3.8) is 0 Å². The maximum Gasteiger partial charge on any atom is 0.308 e. The van der Waals surface area contributed by atoms with Gasteiger partial charge in [-0.1, -0.05) is 13.8 Å². The minimum Gasteiger partial charge on any atom is -0.481 e. The molecule has 20 heavy (non-hydrogen) atoms. The van der Waals surface area contributed by atoms with Crippen molar-refractivity contribution in [3.8, 4) is 0 Å². The molecular weight excluding hydrogens is 329 g/mol. The molecule has 1 aromatic carbocycles. The molecule has 0 saturated carbocycles. The molecule has 0 aliphatic heterocycles. The zero-order valence-electron chi connectivity index (χ0n) is 11.3. The molecule has 0 saturated heterocycles. The fraction of sp³-hybridized carbons (Fsp3) is 0.429. The van der Waals surface area contributed by atoms with E-state index in [9.17, 15) is 14.0 Å². The first-order chi connectivity index (χ1) is 9.31. The zero-order valence-corrected chi connectivity index (χ0v) is 12.9. The minimum absolute atomic E-state index is 0.0569. The molecule has 110 valence electrons. The Balaban J connectivity index is 2.65.